The zero-order chi connectivity index (χ0) is 15.3. The van der Waals surface area contributed by atoms with E-state index in [9.17, 15) is 0 Å². The largest absolute Gasteiger partial charge is 0.340 e. The van der Waals surface area contributed by atoms with Gasteiger partial charge < -0.3 is 4.90 Å². The molecule has 3 aromatic heterocycles. The quantitative estimate of drug-likeness (QED) is 0.727. The summed E-state index contributed by atoms with van der Waals surface area (Å²) in [4.78, 5) is 16.9. The first kappa shape index (κ1) is 13.6. The van der Waals surface area contributed by atoms with Crippen molar-refractivity contribution in [3.8, 4) is 0 Å². The van der Waals surface area contributed by atoms with Crippen LogP contribution in [0.1, 0.15) is 42.5 Å². The Balaban J connectivity index is 1.65. The van der Waals surface area contributed by atoms with Crippen molar-refractivity contribution in [1.29, 1.82) is 0 Å². The average molecular weight is 314 g/mol. The third kappa shape index (κ3) is 2.25. The highest BCUT2D eigenvalue weighted by Crippen LogP contribution is 2.28. The summed E-state index contributed by atoms with van der Waals surface area (Å²) in [6.07, 6.45) is 4.92. The smallest absolute Gasteiger partial charge is 0.214 e. The lowest BCUT2D eigenvalue weighted by Crippen LogP contribution is -2.31. The van der Waals surface area contributed by atoms with Crippen LogP contribution in [-0.4, -0.2) is 31.1 Å². The first-order chi connectivity index (χ1) is 10.6. The maximum Gasteiger partial charge on any atom is 0.214 e. The highest BCUT2D eigenvalue weighted by atomic mass is 32.1. The van der Waals surface area contributed by atoms with Gasteiger partial charge in [0.05, 0.1) is 24.1 Å². The molecule has 0 spiro atoms. The highest BCUT2D eigenvalue weighted by molar-refractivity contribution is 7.20. The third-order valence-corrected chi connectivity index (χ3v) is 4.89. The lowest BCUT2D eigenvalue weighted by Gasteiger charge is -2.27. The van der Waals surface area contributed by atoms with Gasteiger partial charge in [0.1, 0.15) is 5.82 Å². The van der Waals surface area contributed by atoms with E-state index < -0.39 is 0 Å². The van der Waals surface area contributed by atoms with Crippen LogP contribution < -0.4 is 4.90 Å². The zero-order valence-electron chi connectivity index (χ0n) is 12.9. The van der Waals surface area contributed by atoms with E-state index in [2.05, 4.69) is 33.8 Å². The summed E-state index contributed by atoms with van der Waals surface area (Å²) in [5.41, 5.74) is 3.40. The maximum atomic E-state index is 4.75. The van der Waals surface area contributed by atoms with Crippen LogP contribution in [0, 0.1) is 6.92 Å². The SMILES string of the molecule is Cc1cn2nc(N3CCc4cnc(C(C)C)nc4C3)sc2n1. The Bertz CT molecular complexity index is 802. The molecule has 0 aliphatic carbocycles. The van der Waals surface area contributed by atoms with Crippen molar-refractivity contribution >= 4 is 21.4 Å². The van der Waals surface area contributed by atoms with Crippen molar-refractivity contribution in [3.05, 3.63) is 35.2 Å². The average Bonchev–Trinajstić information content (AvgIpc) is 3.03. The van der Waals surface area contributed by atoms with Gasteiger partial charge in [-0.05, 0) is 18.9 Å². The minimum absolute atomic E-state index is 0.354. The Labute approximate surface area is 132 Å². The van der Waals surface area contributed by atoms with Gasteiger partial charge in [0, 0.05) is 18.7 Å². The van der Waals surface area contributed by atoms with Gasteiger partial charge in [-0.3, -0.25) is 0 Å². The number of hydrogen-bond acceptors (Lipinski definition) is 6. The summed E-state index contributed by atoms with van der Waals surface area (Å²) in [5, 5.41) is 5.65. The number of hydrogen-bond donors (Lipinski definition) is 0. The molecule has 4 rings (SSSR count). The monoisotopic (exact) mass is 314 g/mol. The Morgan fingerprint density at radius 3 is 2.91 bits per heavy atom. The van der Waals surface area contributed by atoms with E-state index in [0.717, 1.165) is 46.8 Å². The molecule has 4 heterocycles. The molecule has 0 N–H and O–H groups in total. The Kier molecular flexibility index (Phi) is 3.11. The number of anilines is 1. The van der Waals surface area contributed by atoms with Crippen LogP contribution in [0.3, 0.4) is 0 Å². The van der Waals surface area contributed by atoms with Gasteiger partial charge in [-0.1, -0.05) is 25.2 Å². The van der Waals surface area contributed by atoms with Gasteiger partial charge in [-0.15, -0.1) is 5.10 Å². The van der Waals surface area contributed by atoms with Crippen LogP contribution in [0.15, 0.2) is 12.4 Å². The van der Waals surface area contributed by atoms with Gasteiger partial charge in [-0.2, -0.15) is 0 Å². The molecule has 0 saturated heterocycles. The molecule has 3 aromatic rings. The molecule has 0 atom stereocenters. The normalized spacial score (nSPS) is 14.8. The predicted octanol–water partition coefficient (Wildman–Crippen LogP) is 2.58. The van der Waals surface area contributed by atoms with Crippen molar-refractivity contribution in [1.82, 2.24) is 24.6 Å². The number of imidazole rings is 1. The first-order valence-electron chi connectivity index (χ1n) is 7.52. The molecule has 22 heavy (non-hydrogen) atoms. The molecule has 7 heteroatoms. The molecule has 0 bridgehead atoms. The number of rotatable bonds is 2. The van der Waals surface area contributed by atoms with Crippen LogP contribution >= 0.6 is 11.3 Å². The summed E-state index contributed by atoms with van der Waals surface area (Å²) >= 11 is 1.63. The second kappa shape index (κ2) is 5.01. The molecule has 6 nitrogen and oxygen atoms in total. The fraction of sp³-hybridized carbons (Fsp3) is 0.467. The second-order valence-electron chi connectivity index (χ2n) is 6.02. The van der Waals surface area contributed by atoms with Crippen LogP contribution in [0.2, 0.25) is 0 Å². The molecule has 1 aliphatic rings. The van der Waals surface area contributed by atoms with Crippen LogP contribution in [0.25, 0.3) is 4.96 Å². The molecular weight excluding hydrogens is 296 g/mol. The van der Waals surface area contributed by atoms with Crippen molar-refractivity contribution in [2.45, 2.75) is 39.7 Å². The summed E-state index contributed by atoms with van der Waals surface area (Å²) in [7, 11) is 0. The van der Waals surface area contributed by atoms with Crippen molar-refractivity contribution in [2.75, 3.05) is 11.4 Å². The first-order valence-corrected chi connectivity index (χ1v) is 8.34. The minimum atomic E-state index is 0.354. The van der Waals surface area contributed by atoms with Gasteiger partial charge in [0.2, 0.25) is 10.1 Å². The number of aryl methyl sites for hydroxylation is 1. The number of aromatic nitrogens is 5. The topological polar surface area (TPSA) is 59.2 Å². The van der Waals surface area contributed by atoms with Gasteiger partial charge in [0.25, 0.3) is 0 Å². The maximum absolute atomic E-state index is 4.75. The molecule has 114 valence electrons. The van der Waals surface area contributed by atoms with E-state index in [1.54, 1.807) is 11.3 Å². The van der Waals surface area contributed by atoms with Gasteiger partial charge in [-0.25, -0.2) is 19.5 Å². The predicted molar refractivity (Wildman–Crippen MR) is 86.5 cm³/mol. The molecule has 0 unspecified atom stereocenters. The minimum Gasteiger partial charge on any atom is -0.340 e. The van der Waals surface area contributed by atoms with Crippen molar-refractivity contribution in [2.24, 2.45) is 0 Å². The zero-order valence-corrected chi connectivity index (χ0v) is 13.8. The second-order valence-corrected chi connectivity index (χ2v) is 6.95. The molecule has 0 amide bonds. The molecule has 1 aliphatic heterocycles. The molecule has 0 fully saturated rings. The Morgan fingerprint density at radius 1 is 1.27 bits per heavy atom. The van der Waals surface area contributed by atoms with E-state index in [-0.39, 0.29) is 0 Å². The fourth-order valence-electron chi connectivity index (χ4n) is 2.69. The Morgan fingerprint density at radius 2 is 2.14 bits per heavy atom. The van der Waals surface area contributed by atoms with E-state index >= 15 is 0 Å². The number of nitrogens with zero attached hydrogens (tertiary/aromatic N) is 6. The summed E-state index contributed by atoms with van der Waals surface area (Å²) in [6.45, 7) is 7.99. The van der Waals surface area contributed by atoms with E-state index in [1.165, 1.54) is 5.56 Å². The van der Waals surface area contributed by atoms with Crippen LogP contribution in [0.4, 0.5) is 5.13 Å². The Hall–Kier alpha value is -2.02. The van der Waals surface area contributed by atoms with E-state index in [0.29, 0.717) is 5.92 Å². The lowest BCUT2D eigenvalue weighted by atomic mass is 10.1. The van der Waals surface area contributed by atoms with Gasteiger partial charge >= 0.3 is 0 Å². The van der Waals surface area contributed by atoms with Gasteiger partial charge in [0.15, 0.2) is 0 Å². The molecule has 0 saturated carbocycles. The summed E-state index contributed by atoms with van der Waals surface area (Å²) < 4.78 is 1.87. The summed E-state index contributed by atoms with van der Waals surface area (Å²) in [6, 6.07) is 0. The van der Waals surface area contributed by atoms with E-state index in [4.69, 9.17) is 4.98 Å². The summed E-state index contributed by atoms with van der Waals surface area (Å²) in [5.74, 6) is 1.27. The standard InChI is InChI=1S/C15H18N6S/c1-9(2)13-16-6-11-4-5-20(8-12(11)18-13)15-19-21-7-10(3)17-14(21)22-15/h6-7,9H,4-5,8H2,1-3H3. The number of fused-ring (bicyclic) bond motifs is 2. The van der Waals surface area contributed by atoms with Crippen molar-refractivity contribution < 1.29 is 0 Å². The molecule has 0 radical (unpaired) electrons. The van der Waals surface area contributed by atoms with E-state index in [1.807, 2.05) is 23.8 Å². The lowest BCUT2D eigenvalue weighted by molar-refractivity contribution is 0.669. The molecule has 0 aromatic carbocycles. The highest BCUT2D eigenvalue weighted by Gasteiger charge is 2.22. The van der Waals surface area contributed by atoms with Crippen LogP contribution in [0.5, 0.6) is 0 Å². The van der Waals surface area contributed by atoms with Crippen LogP contribution in [-0.2, 0) is 13.0 Å². The third-order valence-electron chi connectivity index (χ3n) is 3.90. The fourth-order valence-corrected chi connectivity index (χ4v) is 3.64. The van der Waals surface area contributed by atoms with Crippen molar-refractivity contribution in [3.63, 3.8) is 0 Å². The molecular formula is C15H18N6S.